The number of hydrogen-bond donors (Lipinski definition) is 0. The first-order valence-corrected chi connectivity index (χ1v) is 5.57. The first-order valence-electron chi connectivity index (χ1n) is 4.68. The van der Waals surface area contributed by atoms with Crippen molar-refractivity contribution < 1.29 is 0 Å². The van der Waals surface area contributed by atoms with Crippen molar-refractivity contribution in [1.82, 2.24) is 0 Å². The zero-order valence-corrected chi connectivity index (χ0v) is 8.54. The number of rotatable bonds is 0. The van der Waals surface area contributed by atoms with Gasteiger partial charge in [0, 0.05) is 10.2 Å². The average Bonchev–Trinajstić information content (AvgIpc) is 2.26. The third-order valence-corrected chi connectivity index (χ3v) is 3.72. The Kier molecular flexibility index (Phi) is 1.75. The molecule has 0 radical (unpaired) electrons. The molecule has 1 heteroatoms. The van der Waals surface area contributed by atoms with E-state index < -0.39 is 0 Å². The van der Waals surface area contributed by atoms with Crippen molar-refractivity contribution in [1.29, 1.82) is 0 Å². The summed E-state index contributed by atoms with van der Waals surface area (Å²) in [5.41, 5.74) is 0. The van der Waals surface area contributed by atoms with Crippen molar-refractivity contribution in [3.05, 3.63) is 54.6 Å². The highest BCUT2D eigenvalue weighted by Gasteiger charge is 1.95. The molecule has 0 spiro atoms. The maximum Gasteiger partial charge on any atom is 0.00963 e. The van der Waals surface area contributed by atoms with Crippen LogP contribution in [0, 0.1) is 0 Å². The molecule has 0 nitrogen and oxygen atoms in total. The minimum atomic E-state index is 1.33. The predicted molar refractivity (Wildman–Crippen MR) is 64.0 cm³/mol. The molecule has 0 aliphatic rings. The van der Waals surface area contributed by atoms with Crippen LogP contribution in [-0.2, 0) is 0 Å². The van der Waals surface area contributed by atoms with Gasteiger partial charge >= 0.3 is 0 Å². The van der Waals surface area contributed by atoms with E-state index in [9.17, 15) is 0 Å². The van der Waals surface area contributed by atoms with Gasteiger partial charge in [-0.2, -0.15) is 0 Å². The van der Waals surface area contributed by atoms with Gasteiger partial charge in [-0.05, 0) is 29.0 Å². The van der Waals surface area contributed by atoms with Gasteiger partial charge in [0.25, 0.3) is 0 Å². The summed E-state index contributed by atoms with van der Waals surface area (Å²) in [6.07, 6.45) is 0. The molecular weight excluding hydrogens is 187 g/mol. The van der Waals surface area contributed by atoms with Crippen LogP contribution in [0.1, 0.15) is 0 Å². The third kappa shape index (κ3) is 1.20. The summed E-state index contributed by atoms with van der Waals surface area (Å²) in [4.78, 5) is 0. The maximum atomic E-state index is 2.27. The first kappa shape index (κ1) is 7.96. The number of hydrogen-bond acceptors (Lipinski definition) is 0. The van der Waals surface area contributed by atoms with Gasteiger partial charge in [-0.25, -0.2) is 0 Å². The molecule has 0 unspecified atom stereocenters. The number of benzene rings is 2. The van der Waals surface area contributed by atoms with Crippen molar-refractivity contribution >= 4 is 29.2 Å². The monoisotopic (exact) mass is 196 g/mol. The van der Waals surface area contributed by atoms with Crippen molar-refractivity contribution in [2.24, 2.45) is 0 Å². The van der Waals surface area contributed by atoms with E-state index in [1.54, 1.807) is 0 Å². The predicted octanol–water partition coefficient (Wildman–Crippen LogP) is 4.57. The summed E-state index contributed by atoms with van der Waals surface area (Å²) in [5, 5.41) is 5.53. The van der Waals surface area contributed by atoms with E-state index in [1.165, 1.54) is 29.2 Å². The van der Waals surface area contributed by atoms with Crippen LogP contribution in [0.5, 0.6) is 0 Å². The second kappa shape index (κ2) is 3.08. The van der Waals surface area contributed by atoms with Crippen LogP contribution in [-0.4, -0.2) is 0 Å². The summed E-state index contributed by atoms with van der Waals surface area (Å²) < 4.78 is 0. The van der Waals surface area contributed by atoms with E-state index >= 15 is 0 Å². The summed E-state index contributed by atoms with van der Waals surface area (Å²) >= 11 is 0. The molecule has 0 bridgehead atoms. The van der Waals surface area contributed by atoms with Crippen LogP contribution in [0.15, 0.2) is 54.6 Å². The van der Waals surface area contributed by atoms with Gasteiger partial charge in [0.15, 0.2) is 0 Å². The normalized spacial score (nSPS) is 10.9. The van der Waals surface area contributed by atoms with Gasteiger partial charge in [-0.3, -0.25) is 0 Å². The molecule has 1 heterocycles. The largest absolute Gasteiger partial charge is 0.0616 e. The highest BCUT2D eigenvalue weighted by atomic mass is 31.0. The van der Waals surface area contributed by atoms with Gasteiger partial charge < -0.3 is 0 Å². The lowest BCUT2D eigenvalue weighted by molar-refractivity contribution is 1.82. The fraction of sp³-hybridized carbons (Fsp3) is 0. The van der Waals surface area contributed by atoms with Crippen LogP contribution in [0.2, 0.25) is 0 Å². The Hall–Kier alpha value is -1.39. The Balaban J connectivity index is 2.52. The molecule has 0 atom stereocenters. The standard InChI is InChI=1S/C13H9P/c1-3-7-12-10(5-1)9-11-6-2-4-8-13(11)14-12/h1-9H. The minimum absolute atomic E-state index is 1.33. The molecule has 0 N–H and O–H groups in total. The SMILES string of the molecule is c1ccc2pc3ccccc3cc2c1. The topological polar surface area (TPSA) is 0 Å². The van der Waals surface area contributed by atoms with E-state index in [0.29, 0.717) is 0 Å². The molecule has 0 aliphatic heterocycles. The molecule has 0 amide bonds. The van der Waals surface area contributed by atoms with Crippen LogP contribution in [0.25, 0.3) is 21.0 Å². The van der Waals surface area contributed by atoms with E-state index in [1.807, 2.05) is 0 Å². The summed E-state index contributed by atoms with van der Waals surface area (Å²) in [6.45, 7) is 0. The highest BCUT2D eigenvalue weighted by molar-refractivity contribution is 7.42. The van der Waals surface area contributed by atoms with Gasteiger partial charge in [-0.15, -0.1) is 0 Å². The Morgan fingerprint density at radius 1 is 0.643 bits per heavy atom. The summed E-state index contributed by atoms with van der Waals surface area (Å²) in [5.74, 6) is 0. The van der Waals surface area contributed by atoms with Crippen molar-refractivity contribution in [3.63, 3.8) is 0 Å². The zero-order valence-electron chi connectivity index (χ0n) is 7.64. The molecule has 0 saturated carbocycles. The maximum absolute atomic E-state index is 2.27. The summed E-state index contributed by atoms with van der Waals surface area (Å²) in [7, 11) is 1.33. The van der Waals surface area contributed by atoms with Crippen LogP contribution in [0.4, 0.5) is 0 Å². The Bertz CT molecular complexity index is 494. The first-order chi connectivity index (χ1) is 6.93. The quantitative estimate of drug-likeness (QED) is 0.462. The third-order valence-electron chi connectivity index (χ3n) is 2.43. The fourth-order valence-electron chi connectivity index (χ4n) is 1.72. The van der Waals surface area contributed by atoms with Crippen LogP contribution >= 0.6 is 8.19 Å². The van der Waals surface area contributed by atoms with Crippen molar-refractivity contribution in [2.75, 3.05) is 0 Å². The molecule has 2 aromatic carbocycles. The van der Waals surface area contributed by atoms with Gasteiger partial charge in [-0.1, -0.05) is 44.6 Å². The zero-order chi connectivity index (χ0) is 9.38. The molecule has 66 valence electrons. The molecular formula is C13H9P. The second-order valence-electron chi connectivity index (χ2n) is 3.37. The minimum Gasteiger partial charge on any atom is -0.0616 e. The van der Waals surface area contributed by atoms with E-state index in [4.69, 9.17) is 0 Å². The van der Waals surface area contributed by atoms with E-state index in [-0.39, 0.29) is 0 Å². The number of fused-ring (bicyclic) bond motifs is 2. The van der Waals surface area contributed by atoms with Crippen molar-refractivity contribution in [2.45, 2.75) is 0 Å². The molecule has 3 rings (SSSR count). The lowest BCUT2D eigenvalue weighted by Crippen LogP contribution is -1.70. The van der Waals surface area contributed by atoms with Gasteiger partial charge in [0.2, 0.25) is 0 Å². The lowest BCUT2D eigenvalue weighted by atomic mass is 10.2. The smallest absolute Gasteiger partial charge is 0.00963 e. The van der Waals surface area contributed by atoms with E-state index in [0.717, 1.165) is 0 Å². The molecule has 14 heavy (non-hydrogen) atoms. The molecule has 0 saturated heterocycles. The second-order valence-corrected chi connectivity index (χ2v) is 4.56. The molecule has 0 fully saturated rings. The van der Waals surface area contributed by atoms with Crippen LogP contribution in [0.3, 0.4) is 0 Å². The van der Waals surface area contributed by atoms with E-state index in [2.05, 4.69) is 54.6 Å². The lowest BCUT2D eigenvalue weighted by Gasteiger charge is -2.00. The summed E-state index contributed by atoms with van der Waals surface area (Å²) in [6, 6.07) is 19.4. The fourth-order valence-corrected chi connectivity index (χ4v) is 2.84. The van der Waals surface area contributed by atoms with Gasteiger partial charge in [0.1, 0.15) is 0 Å². The Morgan fingerprint density at radius 3 is 1.71 bits per heavy atom. The molecule has 0 aliphatic carbocycles. The van der Waals surface area contributed by atoms with Crippen LogP contribution < -0.4 is 0 Å². The molecule has 1 aromatic heterocycles. The average molecular weight is 196 g/mol. The van der Waals surface area contributed by atoms with Crippen molar-refractivity contribution in [3.8, 4) is 0 Å². The Morgan fingerprint density at radius 2 is 1.14 bits per heavy atom. The Labute approximate surface area is 84.3 Å². The molecule has 3 aromatic rings. The van der Waals surface area contributed by atoms with Gasteiger partial charge in [0.05, 0.1) is 0 Å². The highest BCUT2D eigenvalue weighted by Crippen LogP contribution is 2.31.